The van der Waals surface area contributed by atoms with E-state index < -0.39 is 53.9 Å². The summed E-state index contributed by atoms with van der Waals surface area (Å²) >= 11 is 0. The summed E-state index contributed by atoms with van der Waals surface area (Å²) in [6.07, 6.45) is 0. The molecule has 0 saturated heterocycles. The highest BCUT2D eigenvalue weighted by atomic mass is 19.1. The number of halogens is 3. The van der Waals surface area contributed by atoms with Crippen LogP contribution in [0.25, 0.3) is 28.0 Å². The van der Waals surface area contributed by atoms with Gasteiger partial charge in [0, 0.05) is 28.3 Å². The molecule has 0 aliphatic heterocycles. The quantitative estimate of drug-likeness (QED) is 0.218. The van der Waals surface area contributed by atoms with E-state index in [1.165, 1.54) is 30.3 Å². The number of nitrogens with one attached hydrogen (secondary N) is 2. The number of carbonyl (C=O) groups is 1. The van der Waals surface area contributed by atoms with Crippen LogP contribution < -0.4 is 16.2 Å². The van der Waals surface area contributed by atoms with Crippen LogP contribution in [0.3, 0.4) is 0 Å². The Morgan fingerprint density at radius 3 is 2.29 bits per heavy atom. The molecule has 5 rings (SSSR count). The maximum absolute atomic E-state index is 14.9. The largest absolute Gasteiger partial charge is 0.394 e. The third-order valence-corrected chi connectivity index (χ3v) is 6.54. The Hall–Kier alpha value is -5.07. The second-order valence-electron chi connectivity index (χ2n) is 9.41. The Morgan fingerprint density at radius 1 is 0.929 bits per heavy atom. The fourth-order valence-corrected chi connectivity index (χ4v) is 4.39. The van der Waals surface area contributed by atoms with Crippen molar-refractivity contribution >= 4 is 28.6 Å². The fraction of sp³-hybridized carbons (Fsp3) is 0.133. The zero-order valence-corrected chi connectivity index (χ0v) is 22.1. The Bertz CT molecular complexity index is 1840. The molecule has 1 amide bonds. The number of aliphatic hydroxyl groups excluding tert-OH is 2. The lowest BCUT2D eigenvalue weighted by Crippen LogP contribution is -2.29. The predicted octanol–water partition coefficient (Wildman–Crippen LogP) is 4.19. The molecule has 0 aliphatic carbocycles. The third-order valence-electron chi connectivity index (χ3n) is 6.54. The molecule has 2 aromatic heterocycles. The molecule has 3 aromatic carbocycles. The molecule has 9 nitrogen and oxygen atoms in total. The van der Waals surface area contributed by atoms with Gasteiger partial charge in [-0.05, 0) is 67.1 Å². The molecule has 0 fully saturated rings. The van der Waals surface area contributed by atoms with Crippen molar-refractivity contribution in [3.63, 3.8) is 0 Å². The molecule has 0 unspecified atom stereocenters. The number of para-hydroxylation sites is 1. The van der Waals surface area contributed by atoms with E-state index in [2.05, 4.69) is 20.6 Å². The Kier molecular flexibility index (Phi) is 8.00. The van der Waals surface area contributed by atoms with Gasteiger partial charge in [-0.25, -0.2) is 18.2 Å². The lowest BCUT2D eigenvalue weighted by Gasteiger charge is -2.18. The summed E-state index contributed by atoms with van der Waals surface area (Å²) in [5.74, 6) is -3.10. The lowest BCUT2D eigenvalue weighted by atomic mass is 9.99. The van der Waals surface area contributed by atoms with E-state index in [1.54, 1.807) is 25.1 Å². The summed E-state index contributed by atoms with van der Waals surface area (Å²) in [4.78, 5) is 35.0. The van der Waals surface area contributed by atoms with Gasteiger partial charge in [0.05, 0.1) is 24.9 Å². The normalized spacial score (nSPS) is 11.2. The van der Waals surface area contributed by atoms with Crippen LogP contribution in [-0.2, 0) is 0 Å². The smallest absolute Gasteiger partial charge is 0.256 e. The second kappa shape index (κ2) is 11.8. The molecule has 0 spiro atoms. The van der Waals surface area contributed by atoms with Crippen molar-refractivity contribution in [2.24, 2.45) is 0 Å². The SMILES string of the molecule is Cc1ccc(C(=O)Nc2ccc(F)cc2)cc1-c1nc(NC(CO)CO)nc2c1ccc(=O)n2-c1c(F)cccc1F. The van der Waals surface area contributed by atoms with Gasteiger partial charge >= 0.3 is 0 Å². The number of pyridine rings is 1. The van der Waals surface area contributed by atoms with Gasteiger partial charge in [-0.1, -0.05) is 12.1 Å². The number of anilines is 2. The summed E-state index contributed by atoms with van der Waals surface area (Å²) in [6, 6.07) is 14.9. The maximum Gasteiger partial charge on any atom is 0.256 e. The minimum absolute atomic E-state index is 0.151. The first-order valence-corrected chi connectivity index (χ1v) is 12.7. The second-order valence-corrected chi connectivity index (χ2v) is 9.41. The van der Waals surface area contributed by atoms with Gasteiger partial charge in [0.25, 0.3) is 11.5 Å². The molecule has 2 heterocycles. The van der Waals surface area contributed by atoms with Gasteiger partial charge in [-0.2, -0.15) is 4.98 Å². The Labute approximate surface area is 236 Å². The van der Waals surface area contributed by atoms with Crippen LogP contribution in [0, 0.1) is 24.4 Å². The van der Waals surface area contributed by atoms with E-state index in [9.17, 15) is 33.0 Å². The average molecular weight is 576 g/mol. The van der Waals surface area contributed by atoms with E-state index in [-0.39, 0.29) is 28.2 Å². The third kappa shape index (κ3) is 5.57. The number of amides is 1. The van der Waals surface area contributed by atoms with E-state index >= 15 is 0 Å². The molecule has 4 N–H and O–H groups in total. The molecule has 214 valence electrons. The van der Waals surface area contributed by atoms with Gasteiger partial charge < -0.3 is 20.8 Å². The van der Waals surface area contributed by atoms with Crippen LogP contribution in [0.15, 0.2) is 77.6 Å². The zero-order valence-electron chi connectivity index (χ0n) is 22.1. The molecule has 0 saturated carbocycles. The molecule has 12 heteroatoms. The minimum Gasteiger partial charge on any atom is -0.394 e. The summed E-state index contributed by atoms with van der Waals surface area (Å²) in [7, 11) is 0. The topological polar surface area (TPSA) is 129 Å². The average Bonchev–Trinajstić information content (AvgIpc) is 2.97. The highest BCUT2D eigenvalue weighted by Gasteiger charge is 2.22. The summed E-state index contributed by atoms with van der Waals surface area (Å²) in [5.41, 5.74) is 0.318. The van der Waals surface area contributed by atoms with Crippen LogP contribution in [0.1, 0.15) is 15.9 Å². The number of hydrogen-bond donors (Lipinski definition) is 4. The van der Waals surface area contributed by atoms with Crippen molar-refractivity contribution in [2.45, 2.75) is 13.0 Å². The van der Waals surface area contributed by atoms with Crippen molar-refractivity contribution in [1.82, 2.24) is 14.5 Å². The van der Waals surface area contributed by atoms with Crippen LogP contribution in [0.2, 0.25) is 0 Å². The number of rotatable bonds is 8. The lowest BCUT2D eigenvalue weighted by molar-refractivity contribution is 0.102. The molecule has 0 atom stereocenters. The van der Waals surface area contributed by atoms with Crippen LogP contribution in [0.5, 0.6) is 0 Å². The van der Waals surface area contributed by atoms with Crippen molar-refractivity contribution in [1.29, 1.82) is 0 Å². The molecule has 5 aromatic rings. The number of fused-ring (bicyclic) bond motifs is 1. The van der Waals surface area contributed by atoms with Crippen LogP contribution >= 0.6 is 0 Å². The van der Waals surface area contributed by atoms with Gasteiger partial charge in [0.15, 0.2) is 5.65 Å². The van der Waals surface area contributed by atoms with Crippen molar-refractivity contribution in [3.8, 4) is 16.9 Å². The number of nitrogens with zero attached hydrogens (tertiary/aromatic N) is 3. The predicted molar refractivity (Wildman–Crippen MR) is 151 cm³/mol. The molecule has 42 heavy (non-hydrogen) atoms. The van der Waals surface area contributed by atoms with E-state index in [4.69, 9.17) is 0 Å². The van der Waals surface area contributed by atoms with Gasteiger partial charge in [0.1, 0.15) is 23.1 Å². The molecule has 0 bridgehead atoms. The first-order chi connectivity index (χ1) is 20.2. The van der Waals surface area contributed by atoms with Crippen molar-refractivity contribution in [3.05, 3.63) is 112 Å². The van der Waals surface area contributed by atoms with E-state index in [1.807, 2.05) is 0 Å². The van der Waals surface area contributed by atoms with Gasteiger partial charge in [-0.3, -0.25) is 14.2 Å². The number of benzene rings is 3. The highest BCUT2D eigenvalue weighted by Crippen LogP contribution is 2.32. The van der Waals surface area contributed by atoms with Crippen molar-refractivity contribution in [2.75, 3.05) is 23.8 Å². The van der Waals surface area contributed by atoms with Gasteiger partial charge in [0.2, 0.25) is 5.95 Å². The Balaban J connectivity index is 1.73. The number of aromatic nitrogens is 3. The first-order valence-electron chi connectivity index (χ1n) is 12.7. The molecular formula is C30H24F3N5O4. The van der Waals surface area contributed by atoms with E-state index in [0.717, 1.165) is 28.8 Å². The number of aliphatic hydroxyl groups is 2. The summed E-state index contributed by atoms with van der Waals surface area (Å²) in [5, 5.41) is 24.9. The fourth-order valence-electron chi connectivity index (χ4n) is 4.39. The van der Waals surface area contributed by atoms with Crippen LogP contribution in [-0.4, -0.2) is 49.9 Å². The van der Waals surface area contributed by atoms with E-state index in [0.29, 0.717) is 16.8 Å². The summed E-state index contributed by atoms with van der Waals surface area (Å²) in [6.45, 7) is 0.776. The van der Waals surface area contributed by atoms with Crippen molar-refractivity contribution < 1.29 is 28.2 Å². The standard InChI is InChI=1S/C30H24F3N5O4/c1-16-5-6-17(29(42)34-19-9-7-18(31)8-10-19)13-22(16)26-21-11-12-25(41)38(27-23(32)3-2-4-24(27)33)28(21)37-30(36-26)35-20(14-39)15-40/h2-13,20,39-40H,14-15H2,1H3,(H,34,42)(H,35,36,37). The number of carbonyl (C=O) groups excluding carboxylic acids is 1. The molecule has 0 radical (unpaired) electrons. The molecule has 0 aliphatic rings. The number of hydrogen-bond acceptors (Lipinski definition) is 7. The number of aryl methyl sites for hydroxylation is 1. The zero-order chi connectivity index (χ0) is 30.0. The molecular weight excluding hydrogens is 551 g/mol. The highest BCUT2D eigenvalue weighted by molar-refractivity contribution is 6.05. The van der Waals surface area contributed by atoms with Gasteiger partial charge in [-0.15, -0.1) is 0 Å². The maximum atomic E-state index is 14.9. The minimum atomic E-state index is -1.00. The monoisotopic (exact) mass is 575 g/mol. The Morgan fingerprint density at radius 2 is 1.62 bits per heavy atom. The first kappa shape index (κ1) is 28.5. The summed E-state index contributed by atoms with van der Waals surface area (Å²) < 4.78 is 43.9. The van der Waals surface area contributed by atoms with Crippen LogP contribution in [0.4, 0.5) is 24.8 Å².